The van der Waals surface area contributed by atoms with E-state index in [0.717, 1.165) is 0 Å². The lowest BCUT2D eigenvalue weighted by Crippen LogP contribution is -2.13. The van der Waals surface area contributed by atoms with Gasteiger partial charge < -0.3 is 19.9 Å². The minimum absolute atomic E-state index is 0.0892. The van der Waals surface area contributed by atoms with Crippen LogP contribution in [0.5, 0.6) is 11.5 Å². The minimum Gasteiger partial charge on any atom is -0.493 e. The van der Waals surface area contributed by atoms with Crippen LogP contribution in [0.2, 0.25) is 0 Å². The minimum atomic E-state index is -0.486. The Morgan fingerprint density at radius 1 is 1.35 bits per heavy atom. The summed E-state index contributed by atoms with van der Waals surface area (Å²) < 4.78 is 10.2. The number of hydrogen-bond donors (Lipinski definition) is 2. The molecule has 1 rings (SSSR count). The number of hydrogen-bond acceptors (Lipinski definition) is 6. The number of nitrogens with one attached hydrogen (secondary N) is 1. The summed E-state index contributed by atoms with van der Waals surface area (Å²) in [5.41, 5.74) is 0.254. The summed E-state index contributed by atoms with van der Waals surface area (Å²) in [6.45, 7) is 2.31. The van der Waals surface area contributed by atoms with Gasteiger partial charge in [-0.2, -0.15) is 0 Å². The van der Waals surface area contributed by atoms with Gasteiger partial charge in [-0.25, -0.2) is 0 Å². The van der Waals surface area contributed by atoms with Crippen LogP contribution in [-0.4, -0.2) is 36.9 Å². The van der Waals surface area contributed by atoms with Gasteiger partial charge in [0.2, 0.25) is 0 Å². The van der Waals surface area contributed by atoms with Gasteiger partial charge in [-0.05, 0) is 12.8 Å². The van der Waals surface area contributed by atoms with Gasteiger partial charge in [0.15, 0.2) is 11.5 Å². The Hall–Kier alpha value is -2.02. The van der Waals surface area contributed by atoms with Gasteiger partial charge in [0.1, 0.15) is 5.69 Å². The molecule has 0 bridgehead atoms. The van der Waals surface area contributed by atoms with Crippen LogP contribution in [0.3, 0.4) is 0 Å². The Balaban J connectivity index is 2.94. The zero-order chi connectivity index (χ0) is 15.1. The van der Waals surface area contributed by atoms with Crippen molar-refractivity contribution in [2.24, 2.45) is 0 Å². The number of anilines is 1. The Bertz CT molecular complexity index is 464. The molecule has 2 N–H and O–H groups in total. The number of nitrogens with zero attached hydrogens (tertiary/aromatic N) is 1. The molecular weight excluding hydrogens is 264 g/mol. The van der Waals surface area contributed by atoms with E-state index in [4.69, 9.17) is 9.47 Å². The molecule has 0 aliphatic heterocycles. The molecule has 112 valence electrons. The molecule has 0 spiro atoms. The summed E-state index contributed by atoms with van der Waals surface area (Å²) in [5, 5.41) is 23.5. The normalized spacial score (nSPS) is 11.8. The number of nitro benzene ring substituents is 1. The maximum Gasteiger partial charge on any atom is 0.296 e. The van der Waals surface area contributed by atoms with Crippen molar-refractivity contribution >= 4 is 11.4 Å². The van der Waals surface area contributed by atoms with E-state index in [9.17, 15) is 15.2 Å². The second-order valence-corrected chi connectivity index (χ2v) is 4.26. The maximum absolute atomic E-state index is 11.1. The zero-order valence-electron chi connectivity index (χ0n) is 11.9. The van der Waals surface area contributed by atoms with Gasteiger partial charge in [-0.3, -0.25) is 10.1 Å². The molecule has 1 aromatic rings. The first-order valence-electron chi connectivity index (χ1n) is 6.35. The summed E-state index contributed by atoms with van der Waals surface area (Å²) in [7, 11) is 2.89. The number of ether oxygens (including phenoxy) is 2. The molecule has 0 fully saturated rings. The molecule has 20 heavy (non-hydrogen) atoms. The second kappa shape index (κ2) is 7.54. The number of nitro groups is 1. The quantitative estimate of drug-likeness (QED) is 0.561. The van der Waals surface area contributed by atoms with Crippen LogP contribution in [-0.2, 0) is 0 Å². The van der Waals surface area contributed by atoms with Gasteiger partial charge in [-0.1, -0.05) is 6.92 Å². The monoisotopic (exact) mass is 284 g/mol. The smallest absolute Gasteiger partial charge is 0.296 e. The highest BCUT2D eigenvalue weighted by molar-refractivity contribution is 5.68. The van der Waals surface area contributed by atoms with Crippen LogP contribution in [0.4, 0.5) is 11.4 Å². The number of aliphatic hydroxyl groups excluding tert-OH is 1. The number of rotatable bonds is 8. The fraction of sp³-hybridized carbons (Fsp3) is 0.538. The summed E-state index contributed by atoms with van der Waals surface area (Å²) in [4.78, 5) is 10.6. The van der Waals surface area contributed by atoms with Crippen molar-refractivity contribution in [3.05, 3.63) is 22.2 Å². The average Bonchev–Trinajstić information content (AvgIpc) is 2.45. The second-order valence-electron chi connectivity index (χ2n) is 4.26. The first-order chi connectivity index (χ1) is 9.53. The molecule has 0 amide bonds. The van der Waals surface area contributed by atoms with Crippen LogP contribution < -0.4 is 14.8 Å². The van der Waals surface area contributed by atoms with Crippen molar-refractivity contribution in [3.63, 3.8) is 0 Å². The highest BCUT2D eigenvalue weighted by atomic mass is 16.6. The van der Waals surface area contributed by atoms with Crippen molar-refractivity contribution in [1.82, 2.24) is 0 Å². The lowest BCUT2D eigenvalue weighted by molar-refractivity contribution is -0.384. The molecule has 1 atom stereocenters. The Labute approximate surface area is 117 Å². The molecule has 1 unspecified atom stereocenters. The third-order valence-electron chi connectivity index (χ3n) is 2.96. The van der Waals surface area contributed by atoms with E-state index < -0.39 is 11.0 Å². The van der Waals surface area contributed by atoms with Crippen LogP contribution in [0.1, 0.15) is 19.8 Å². The summed E-state index contributed by atoms with van der Waals surface area (Å²) in [6, 6.07) is 2.84. The molecule has 0 aliphatic rings. The molecule has 0 saturated carbocycles. The first kappa shape index (κ1) is 16.0. The maximum atomic E-state index is 11.1. The van der Waals surface area contributed by atoms with E-state index in [1.54, 1.807) is 0 Å². The Morgan fingerprint density at radius 2 is 1.95 bits per heavy atom. The largest absolute Gasteiger partial charge is 0.493 e. The van der Waals surface area contributed by atoms with Gasteiger partial charge in [-0.15, -0.1) is 0 Å². The molecule has 0 aromatic heterocycles. The molecule has 0 heterocycles. The molecule has 0 saturated heterocycles. The molecule has 7 heteroatoms. The fourth-order valence-corrected chi connectivity index (χ4v) is 1.74. The van der Waals surface area contributed by atoms with E-state index in [2.05, 4.69) is 5.32 Å². The average molecular weight is 284 g/mol. The van der Waals surface area contributed by atoms with Gasteiger partial charge in [0.05, 0.1) is 31.3 Å². The Morgan fingerprint density at radius 3 is 2.45 bits per heavy atom. The third-order valence-corrected chi connectivity index (χ3v) is 2.96. The van der Waals surface area contributed by atoms with E-state index in [0.29, 0.717) is 36.6 Å². The topological polar surface area (TPSA) is 93.9 Å². The highest BCUT2D eigenvalue weighted by Crippen LogP contribution is 2.37. The van der Waals surface area contributed by atoms with E-state index in [-0.39, 0.29) is 5.69 Å². The van der Waals surface area contributed by atoms with Gasteiger partial charge in [0.25, 0.3) is 5.69 Å². The predicted octanol–water partition coefficient (Wildman–Crippen LogP) is 2.18. The van der Waals surface area contributed by atoms with Crippen LogP contribution in [0, 0.1) is 10.1 Å². The zero-order valence-corrected chi connectivity index (χ0v) is 11.9. The Kier molecular flexibility index (Phi) is 6.05. The van der Waals surface area contributed by atoms with Crippen molar-refractivity contribution < 1.29 is 19.5 Å². The summed E-state index contributed by atoms with van der Waals surface area (Å²) in [6.07, 6.45) is 0.749. The molecular formula is C13H20N2O5. The predicted molar refractivity (Wildman–Crippen MR) is 75.6 cm³/mol. The first-order valence-corrected chi connectivity index (χ1v) is 6.35. The molecule has 1 aromatic carbocycles. The summed E-state index contributed by atoms with van der Waals surface area (Å²) in [5.74, 6) is 0.718. The van der Waals surface area contributed by atoms with Gasteiger partial charge >= 0.3 is 0 Å². The molecule has 0 aliphatic carbocycles. The lowest BCUT2D eigenvalue weighted by atomic mass is 10.2. The number of benzene rings is 1. The SMILES string of the molecule is CCC(O)CCNc1cc(OC)c(OC)cc1[N+](=O)[O-]. The van der Waals surface area contributed by atoms with E-state index in [1.165, 1.54) is 26.4 Å². The number of methoxy groups -OCH3 is 2. The van der Waals surface area contributed by atoms with Gasteiger partial charge in [0, 0.05) is 12.6 Å². The van der Waals surface area contributed by atoms with E-state index >= 15 is 0 Å². The number of aliphatic hydroxyl groups is 1. The molecule has 7 nitrogen and oxygen atoms in total. The highest BCUT2D eigenvalue weighted by Gasteiger charge is 2.19. The van der Waals surface area contributed by atoms with Crippen molar-refractivity contribution in [2.45, 2.75) is 25.9 Å². The lowest BCUT2D eigenvalue weighted by Gasteiger charge is -2.13. The standard InChI is InChI=1S/C13H20N2O5/c1-4-9(16)5-6-14-10-7-12(19-2)13(20-3)8-11(10)15(17)18/h7-9,14,16H,4-6H2,1-3H3. The van der Waals surface area contributed by atoms with Crippen LogP contribution in [0.25, 0.3) is 0 Å². The van der Waals surface area contributed by atoms with Crippen molar-refractivity contribution in [2.75, 3.05) is 26.1 Å². The van der Waals surface area contributed by atoms with E-state index in [1.807, 2.05) is 6.92 Å². The van der Waals surface area contributed by atoms with Crippen molar-refractivity contribution in [3.8, 4) is 11.5 Å². The summed E-state index contributed by atoms with van der Waals surface area (Å²) >= 11 is 0. The van der Waals surface area contributed by atoms with Crippen molar-refractivity contribution in [1.29, 1.82) is 0 Å². The fourth-order valence-electron chi connectivity index (χ4n) is 1.74. The third kappa shape index (κ3) is 3.99. The van der Waals surface area contributed by atoms with Crippen LogP contribution >= 0.6 is 0 Å². The molecule has 0 radical (unpaired) electrons. The van der Waals surface area contributed by atoms with Crippen LogP contribution in [0.15, 0.2) is 12.1 Å².